The van der Waals surface area contributed by atoms with Gasteiger partial charge in [-0.1, -0.05) is 35.2 Å². The maximum Gasteiger partial charge on any atom is 0.304 e. The van der Waals surface area contributed by atoms with Crippen molar-refractivity contribution in [2.45, 2.75) is 51.0 Å². The quantitative estimate of drug-likeness (QED) is 0.511. The lowest BCUT2D eigenvalue weighted by Crippen LogP contribution is -2.12. The summed E-state index contributed by atoms with van der Waals surface area (Å²) >= 11 is 0. The Hall–Kier alpha value is -3.79. The summed E-state index contributed by atoms with van der Waals surface area (Å²) in [4.78, 5) is 15.8. The number of rotatable bonds is 7. The van der Waals surface area contributed by atoms with Crippen molar-refractivity contribution in [1.29, 1.82) is 0 Å². The van der Waals surface area contributed by atoms with Gasteiger partial charge >= 0.3 is 5.97 Å². The number of benzene rings is 2. The van der Waals surface area contributed by atoms with Crippen molar-refractivity contribution in [2.24, 2.45) is 0 Å². The van der Waals surface area contributed by atoms with Crippen LogP contribution in [0.3, 0.4) is 0 Å². The van der Waals surface area contributed by atoms with Crippen molar-refractivity contribution in [3.05, 3.63) is 59.5 Å². The molecule has 3 aromatic rings. The Morgan fingerprint density at radius 3 is 2.73 bits per heavy atom. The van der Waals surface area contributed by atoms with Crippen LogP contribution in [0.15, 0.2) is 47.0 Å². The van der Waals surface area contributed by atoms with Crippen LogP contribution in [0.5, 0.6) is 11.5 Å². The number of nitrogens with zero attached hydrogens (tertiary/aromatic N) is 2. The Morgan fingerprint density at radius 1 is 1.21 bits per heavy atom. The SMILES string of the molecule is COc1ccc(C(C#Cc2cccc(-c3noc(C)n3)c2)CC(=O)O)cc1OC1CCCC1. The van der Waals surface area contributed by atoms with Crippen molar-refractivity contribution < 1.29 is 23.9 Å². The van der Waals surface area contributed by atoms with E-state index < -0.39 is 11.9 Å². The number of carbonyl (C=O) groups is 1. The number of aromatic nitrogens is 2. The molecule has 1 aromatic heterocycles. The first-order valence-electron chi connectivity index (χ1n) is 11.0. The Kier molecular flexibility index (Phi) is 6.94. The highest BCUT2D eigenvalue weighted by atomic mass is 16.5. The van der Waals surface area contributed by atoms with Gasteiger partial charge in [0.2, 0.25) is 11.7 Å². The first-order chi connectivity index (χ1) is 16.0. The summed E-state index contributed by atoms with van der Waals surface area (Å²) in [7, 11) is 1.60. The van der Waals surface area contributed by atoms with Crippen LogP contribution in [0, 0.1) is 18.8 Å². The number of ether oxygens (including phenoxy) is 2. The zero-order valence-electron chi connectivity index (χ0n) is 18.7. The molecular formula is C26H26N2O5. The van der Waals surface area contributed by atoms with E-state index in [1.807, 2.05) is 42.5 Å². The number of hydrogen-bond acceptors (Lipinski definition) is 6. The van der Waals surface area contributed by atoms with Gasteiger partial charge in [-0.25, -0.2) is 0 Å². The van der Waals surface area contributed by atoms with Gasteiger partial charge in [-0.05, 0) is 55.5 Å². The molecule has 1 heterocycles. The second-order valence-corrected chi connectivity index (χ2v) is 8.07. The molecule has 1 saturated carbocycles. The van der Waals surface area contributed by atoms with Gasteiger partial charge in [0, 0.05) is 18.1 Å². The van der Waals surface area contributed by atoms with Crippen LogP contribution in [0.4, 0.5) is 0 Å². The maximum absolute atomic E-state index is 11.6. The lowest BCUT2D eigenvalue weighted by molar-refractivity contribution is -0.137. The highest BCUT2D eigenvalue weighted by Gasteiger charge is 2.21. The zero-order chi connectivity index (χ0) is 23.2. The van der Waals surface area contributed by atoms with E-state index in [1.54, 1.807) is 14.0 Å². The molecule has 1 aliphatic carbocycles. The first-order valence-corrected chi connectivity index (χ1v) is 11.0. The lowest BCUT2D eigenvalue weighted by atomic mass is 9.95. The molecule has 1 atom stereocenters. The van der Waals surface area contributed by atoms with Crippen LogP contribution in [0.1, 0.15) is 55.0 Å². The summed E-state index contributed by atoms with van der Waals surface area (Å²) in [6.07, 6.45) is 4.38. The summed E-state index contributed by atoms with van der Waals surface area (Å²) in [6, 6.07) is 13.0. The topological polar surface area (TPSA) is 94.7 Å². The van der Waals surface area contributed by atoms with E-state index in [4.69, 9.17) is 14.0 Å². The molecule has 0 aliphatic heterocycles. The minimum Gasteiger partial charge on any atom is -0.493 e. The van der Waals surface area contributed by atoms with E-state index in [0.29, 0.717) is 23.2 Å². The van der Waals surface area contributed by atoms with Crippen molar-refractivity contribution in [3.8, 4) is 34.7 Å². The fourth-order valence-corrected chi connectivity index (χ4v) is 3.94. The Morgan fingerprint density at radius 2 is 2.03 bits per heavy atom. The van der Waals surface area contributed by atoms with Gasteiger partial charge in [-0.2, -0.15) is 4.98 Å². The van der Waals surface area contributed by atoms with Crippen LogP contribution in [-0.4, -0.2) is 34.4 Å². The van der Waals surface area contributed by atoms with E-state index in [1.165, 1.54) is 0 Å². The molecule has 4 rings (SSSR count). The van der Waals surface area contributed by atoms with E-state index >= 15 is 0 Å². The number of carboxylic acid groups (broad SMARTS) is 1. The van der Waals surface area contributed by atoms with Crippen molar-refractivity contribution in [1.82, 2.24) is 10.1 Å². The molecule has 0 saturated heterocycles. The molecule has 7 heteroatoms. The van der Waals surface area contributed by atoms with E-state index in [2.05, 4.69) is 22.0 Å². The average molecular weight is 447 g/mol. The van der Waals surface area contributed by atoms with Gasteiger partial charge in [-0.3, -0.25) is 4.79 Å². The fourth-order valence-electron chi connectivity index (χ4n) is 3.94. The van der Waals surface area contributed by atoms with Gasteiger partial charge in [0.25, 0.3) is 0 Å². The molecule has 2 aromatic carbocycles. The number of methoxy groups -OCH3 is 1. The summed E-state index contributed by atoms with van der Waals surface area (Å²) in [5.41, 5.74) is 2.30. The number of hydrogen-bond donors (Lipinski definition) is 1. The van der Waals surface area contributed by atoms with E-state index in [0.717, 1.165) is 42.4 Å². The van der Waals surface area contributed by atoms with Crippen LogP contribution in [0.2, 0.25) is 0 Å². The molecular weight excluding hydrogens is 420 g/mol. The largest absolute Gasteiger partial charge is 0.493 e. The van der Waals surface area contributed by atoms with E-state index in [-0.39, 0.29) is 12.5 Å². The smallest absolute Gasteiger partial charge is 0.304 e. The van der Waals surface area contributed by atoms with Crippen LogP contribution >= 0.6 is 0 Å². The molecule has 0 bridgehead atoms. The summed E-state index contributed by atoms with van der Waals surface area (Å²) < 4.78 is 16.7. The first kappa shape index (κ1) is 22.4. The molecule has 0 radical (unpaired) electrons. The van der Waals surface area contributed by atoms with Crippen molar-refractivity contribution in [3.63, 3.8) is 0 Å². The highest BCUT2D eigenvalue weighted by Crippen LogP contribution is 2.35. The number of aryl methyl sites for hydroxylation is 1. The van der Waals surface area contributed by atoms with Crippen LogP contribution in [-0.2, 0) is 4.79 Å². The minimum atomic E-state index is -0.917. The number of carboxylic acids is 1. The zero-order valence-corrected chi connectivity index (χ0v) is 18.7. The molecule has 1 fully saturated rings. The summed E-state index contributed by atoms with van der Waals surface area (Å²) in [5, 5.41) is 13.4. The molecule has 33 heavy (non-hydrogen) atoms. The minimum absolute atomic E-state index is 0.119. The highest BCUT2D eigenvalue weighted by molar-refractivity contribution is 5.69. The normalized spacial score (nSPS) is 14.4. The molecule has 7 nitrogen and oxygen atoms in total. The van der Waals surface area contributed by atoms with Crippen LogP contribution in [0.25, 0.3) is 11.4 Å². The second-order valence-electron chi connectivity index (χ2n) is 8.07. The molecule has 1 aliphatic rings. The molecule has 1 N–H and O–H groups in total. The molecule has 0 spiro atoms. The fraction of sp³-hybridized carbons (Fsp3) is 0.346. The van der Waals surface area contributed by atoms with E-state index in [9.17, 15) is 9.90 Å². The predicted molar refractivity (Wildman–Crippen MR) is 122 cm³/mol. The van der Waals surface area contributed by atoms with Crippen molar-refractivity contribution in [2.75, 3.05) is 7.11 Å². The third-order valence-corrected chi connectivity index (χ3v) is 5.60. The summed E-state index contributed by atoms with van der Waals surface area (Å²) in [6.45, 7) is 1.73. The molecule has 1 unspecified atom stereocenters. The Bertz CT molecular complexity index is 1180. The average Bonchev–Trinajstić information content (AvgIpc) is 3.48. The van der Waals surface area contributed by atoms with Gasteiger partial charge in [-0.15, -0.1) is 0 Å². The monoisotopic (exact) mass is 446 g/mol. The third-order valence-electron chi connectivity index (χ3n) is 5.60. The third kappa shape index (κ3) is 5.72. The summed E-state index contributed by atoms with van der Waals surface area (Å²) in [5.74, 6) is 7.07. The molecule has 0 amide bonds. The second kappa shape index (κ2) is 10.2. The van der Waals surface area contributed by atoms with Gasteiger partial charge in [0.1, 0.15) is 0 Å². The van der Waals surface area contributed by atoms with Gasteiger partial charge in [0.05, 0.1) is 25.6 Å². The predicted octanol–water partition coefficient (Wildman–Crippen LogP) is 4.99. The Balaban J connectivity index is 1.62. The molecule has 170 valence electrons. The van der Waals surface area contributed by atoms with Gasteiger partial charge < -0.3 is 19.1 Å². The Labute approximate surface area is 192 Å². The standard InChI is InChI=1S/C26H26N2O5/c1-17-27-26(28-33-17)21-7-5-6-18(14-21)10-11-20(16-25(29)30)19-12-13-23(31-2)24(15-19)32-22-8-3-4-9-22/h5-7,12-15,20,22H,3-4,8-9,16H2,1-2H3,(H,29,30). The number of aliphatic carboxylic acids is 1. The lowest BCUT2D eigenvalue weighted by Gasteiger charge is -2.18. The van der Waals surface area contributed by atoms with Crippen LogP contribution < -0.4 is 9.47 Å². The van der Waals surface area contributed by atoms with Crippen molar-refractivity contribution >= 4 is 5.97 Å². The maximum atomic E-state index is 11.6. The van der Waals surface area contributed by atoms with Gasteiger partial charge in [0.15, 0.2) is 11.5 Å².